The summed E-state index contributed by atoms with van der Waals surface area (Å²) in [6.45, 7) is 21.3. The number of hydrogen-bond donors (Lipinski definition) is 0. The van der Waals surface area contributed by atoms with Crippen LogP contribution in [0.25, 0.3) is 38.8 Å². The van der Waals surface area contributed by atoms with Gasteiger partial charge in [-0.15, -0.1) is 0 Å². The van der Waals surface area contributed by atoms with E-state index in [1.165, 1.54) is 61.4 Å². The first-order valence-electron chi connectivity index (χ1n) is 23.5. The number of hydrogen-bond acceptors (Lipinski definition) is 4. The molecule has 10 rings (SSSR count). The first-order chi connectivity index (χ1) is 31.8. The zero-order valence-corrected chi connectivity index (χ0v) is 39.8. The average Bonchev–Trinajstić information content (AvgIpc) is 3.87. The van der Waals surface area contributed by atoms with Gasteiger partial charge in [-0.1, -0.05) is 153 Å². The topological polar surface area (TPSA) is 33.5 Å². The second-order valence-electron chi connectivity index (χ2n) is 20.1. The summed E-state index contributed by atoms with van der Waals surface area (Å²) in [6.07, 6.45) is 1.94. The molecular weight excluding hydrogens is 805 g/mol. The molecule has 2 aromatic heterocycles. The lowest BCUT2D eigenvalue weighted by atomic mass is 9.78. The molecule has 0 fully saturated rings. The van der Waals surface area contributed by atoms with Gasteiger partial charge in [0.15, 0.2) is 0 Å². The largest absolute Gasteiger partial charge is 0.457 e. The second-order valence-corrected chi connectivity index (χ2v) is 20.1. The summed E-state index contributed by atoms with van der Waals surface area (Å²) in [7, 11) is 0. The van der Waals surface area contributed by atoms with Gasteiger partial charge in [0, 0.05) is 45.9 Å². The fourth-order valence-corrected chi connectivity index (χ4v) is 9.95. The van der Waals surface area contributed by atoms with E-state index < -0.39 is 0 Å². The summed E-state index contributed by atoms with van der Waals surface area (Å²) in [5.74, 6) is 3.20. The molecule has 1 aliphatic rings. The van der Waals surface area contributed by atoms with Crippen LogP contribution < -0.4 is 14.5 Å². The van der Waals surface area contributed by atoms with Crippen molar-refractivity contribution in [2.24, 2.45) is 0 Å². The van der Waals surface area contributed by atoms with Crippen molar-refractivity contribution in [2.75, 3.05) is 16.5 Å². The molecule has 0 atom stereocenters. The summed E-state index contributed by atoms with van der Waals surface area (Å²) in [6, 6.07) is 61.6. The van der Waals surface area contributed by atoms with Crippen LogP contribution in [0.1, 0.15) is 102 Å². The third-order valence-electron chi connectivity index (χ3n) is 13.7. The lowest BCUT2D eigenvalue weighted by Gasteiger charge is -2.26. The van der Waals surface area contributed by atoms with Crippen molar-refractivity contribution in [3.05, 3.63) is 204 Å². The quantitative estimate of drug-likeness (QED) is 0.137. The molecular formula is C61H60N4O. The summed E-state index contributed by atoms with van der Waals surface area (Å²) >= 11 is 0. The monoisotopic (exact) mass is 864 g/mol. The van der Waals surface area contributed by atoms with Gasteiger partial charge in [0.25, 0.3) is 0 Å². The maximum Gasteiger partial charge on any atom is 0.137 e. The number of ether oxygens (including phenoxy) is 1. The summed E-state index contributed by atoms with van der Waals surface area (Å²) in [4.78, 5) is 9.88. The molecule has 0 aliphatic carbocycles. The molecule has 5 heteroatoms. The summed E-state index contributed by atoms with van der Waals surface area (Å²) in [5.41, 5.74) is 15.7. The van der Waals surface area contributed by atoms with Gasteiger partial charge in [0.2, 0.25) is 0 Å². The molecule has 0 saturated carbocycles. The molecule has 1 aliphatic heterocycles. The van der Waals surface area contributed by atoms with E-state index in [-0.39, 0.29) is 10.8 Å². The van der Waals surface area contributed by atoms with Gasteiger partial charge in [0.05, 0.1) is 22.4 Å². The third kappa shape index (κ3) is 7.70. The van der Waals surface area contributed by atoms with Crippen molar-refractivity contribution < 1.29 is 4.74 Å². The number of anilines is 4. The standard InChI is InChI=1S/C61H60N4O/c1-40(2)50-25-17-26-51(41(3)4)59(50)42-28-31-55-57(34-42)64(39-63(55)46-21-15-20-44(35-46)60(5,6)7)47-22-16-23-48(37-47)66-49-29-30-53-52-24-13-14-27-54(52)65(56(53)38-49)58-36-45(32-33-62-58)61(8,9)43-18-11-10-12-19-43/h10-38,40-41H,39H2,1-9H3. The maximum atomic E-state index is 6.87. The van der Waals surface area contributed by atoms with Crippen LogP contribution in [0.15, 0.2) is 176 Å². The Labute approximate surface area is 391 Å². The Hall–Kier alpha value is -7.11. The SMILES string of the molecule is CC(C)c1cccc(C(C)C)c1-c1ccc2c(c1)N(c1cccc(Oc3ccc4c5ccccc5n(-c5cc(C(C)(C)c6ccccc6)ccn5)c4c3)c1)CN2c1cccc(C(C)(C)C)c1. The highest BCUT2D eigenvalue weighted by atomic mass is 16.5. The molecule has 3 heterocycles. The van der Waals surface area contributed by atoms with Crippen LogP contribution in [-0.4, -0.2) is 16.2 Å². The van der Waals surface area contributed by atoms with Crippen molar-refractivity contribution in [3.8, 4) is 28.4 Å². The van der Waals surface area contributed by atoms with Gasteiger partial charge in [-0.3, -0.25) is 4.57 Å². The van der Waals surface area contributed by atoms with Crippen LogP contribution in [0.5, 0.6) is 11.5 Å². The van der Waals surface area contributed by atoms with E-state index in [0.717, 1.165) is 39.4 Å². The number of nitrogens with zero attached hydrogens (tertiary/aromatic N) is 4. The van der Waals surface area contributed by atoms with Gasteiger partial charge in [-0.05, 0) is 123 Å². The van der Waals surface area contributed by atoms with Gasteiger partial charge in [-0.25, -0.2) is 4.98 Å². The number of pyridine rings is 1. The van der Waals surface area contributed by atoms with Crippen LogP contribution >= 0.6 is 0 Å². The van der Waals surface area contributed by atoms with E-state index in [0.29, 0.717) is 18.5 Å². The lowest BCUT2D eigenvalue weighted by Crippen LogP contribution is -2.24. The Morgan fingerprint density at radius 1 is 0.500 bits per heavy atom. The minimum atomic E-state index is -0.211. The van der Waals surface area contributed by atoms with Crippen LogP contribution in [0.2, 0.25) is 0 Å². The Balaban J connectivity index is 1.05. The zero-order valence-electron chi connectivity index (χ0n) is 39.8. The minimum absolute atomic E-state index is 0.0266. The highest BCUT2D eigenvalue weighted by Crippen LogP contribution is 2.49. The molecule has 5 nitrogen and oxygen atoms in total. The first kappa shape index (κ1) is 42.8. The smallest absolute Gasteiger partial charge is 0.137 e. The van der Waals surface area contributed by atoms with Gasteiger partial charge in [-0.2, -0.15) is 0 Å². The molecule has 0 amide bonds. The summed E-state index contributed by atoms with van der Waals surface area (Å²) < 4.78 is 9.15. The molecule has 66 heavy (non-hydrogen) atoms. The van der Waals surface area contributed by atoms with Gasteiger partial charge in [0.1, 0.15) is 24.0 Å². The third-order valence-corrected chi connectivity index (χ3v) is 13.7. The van der Waals surface area contributed by atoms with E-state index in [2.05, 4.69) is 247 Å². The van der Waals surface area contributed by atoms with E-state index in [1.807, 2.05) is 6.20 Å². The highest BCUT2D eigenvalue weighted by molar-refractivity contribution is 6.09. The van der Waals surface area contributed by atoms with E-state index in [9.17, 15) is 0 Å². The van der Waals surface area contributed by atoms with Gasteiger partial charge < -0.3 is 14.5 Å². The van der Waals surface area contributed by atoms with Crippen LogP contribution in [0.3, 0.4) is 0 Å². The lowest BCUT2D eigenvalue weighted by molar-refractivity contribution is 0.483. The molecule has 7 aromatic carbocycles. The molecule has 0 bridgehead atoms. The zero-order chi connectivity index (χ0) is 45.9. The van der Waals surface area contributed by atoms with Crippen molar-refractivity contribution in [1.29, 1.82) is 0 Å². The van der Waals surface area contributed by atoms with E-state index >= 15 is 0 Å². The molecule has 0 radical (unpaired) electrons. The Bertz CT molecular complexity index is 3220. The highest BCUT2D eigenvalue weighted by Gasteiger charge is 2.31. The predicted molar refractivity (Wildman–Crippen MR) is 278 cm³/mol. The average molecular weight is 865 g/mol. The van der Waals surface area contributed by atoms with Crippen molar-refractivity contribution in [3.63, 3.8) is 0 Å². The van der Waals surface area contributed by atoms with Crippen LogP contribution in [-0.2, 0) is 10.8 Å². The normalized spacial score (nSPS) is 13.1. The number of aromatic nitrogens is 2. The Morgan fingerprint density at radius 3 is 1.88 bits per heavy atom. The van der Waals surface area contributed by atoms with E-state index in [1.54, 1.807) is 0 Å². The van der Waals surface area contributed by atoms with Crippen molar-refractivity contribution >= 4 is 44.6 Å². The molecule has 0 spiro atoms. The van der Waals surface area contributed by atoms with Crippen molar-refractivity contribution in [2.45, 2.75) is 85.0 Å². The number of rotatable bonds is 10. The predicted octanol–water partition coefficient (Wildman–Crippen LogP) is 16.8. The van der Waals surface area contributed by atoms with Crippen LogP contribution in [0.4, 0.5) is 22.7 Å². The Kier molecular flexibility index (Phi) is 10.8. The number of para-hydroxylation sites is 1. The van der Waals surface area contributed by atoms with E-state index in [4.69, 9.17) is 9.72 Å². The first-order valence-corrected chi connectivity index (χ1v) is 23.5. The van der Waals surface area contributed by atoms with Crippen LogP contribution in [0, 0.1) is 0 Å². The fraction of sp³-hybridized carbons (Fsp3) is 0.230. The van der Waals surface area contributed by atoms with Gasteiger partial charge >= 0.3 is 0 Å². The molecule has 9 aromatic rings. The van der Waals surface area contributed by atoms with Crippen molar-refractivity contribution in [1.82, 2.24) is 9.55 Å². The summed E-state index contributed by atoms with van der Waals surface area (Å²) in [5, 5.41) is 2.33. The fourth-order valence-electron chi connectivity index (χ4n) is 9.95. The second kappa shape index (κ2) is 16.7. The maximum absolute atomic E-state index is 6.87. The Morgan fingerprint density at radius 2 is 1.14 bits per heavy atom. The number of fused-ring (bicyclic) bond motifs is 4. The molecule has 0 N–H and O–H groups in total. The molecule has 0 saturated heterocycles. The number of benzene rings is 7. The molecule has 0 unspecified atom stereocenters. The molecule has 330 valence electrons. The minimum Gasteiger partial charge on any atom is -0.457 e.